The van der Waals surface area contributed by atoms with Crippen molar-refractivity contribution in [3.63, 3.8) is 0 Å². The fourth-order valence-corrected chi connectivity index (χ4v) is 9.93. The van der Waals surface area contributed by atoms with Crippen LogP contribution in [0.4, 0.5) is 17.1 Å². The van der Waals surface area contributed by atoms with Crippen molar-refractivity contribution in [2.75, 3.05) is 4.90 Å². The van der Waals surface area contributed by atoms with Crippen LogP contribution in [0.3, 0.4) is 0 Å². The van der Waals surface area contributed by atoms with E-state index in [9.17, 15) is 0 Å². The quantitative estimate of drug-likeness (QED) is 0.132. The Labute approximate surface area is 404 Å². The summed E-state index contributed by atoms with van der Waals surface area (Å²) in [6.45, 7) is 0. The molecule has 324 valence electrons. The van der Waals surface area contributed by atoms with Crippen LogP contribution in [0.5, 0.6) is 0 Å². The molecule has 0 saturated carbocycles. The molecule has 0 aliphatic carbocycles. The number of fused-ring (bicyclic) bond motifs is 2. The second kappa shape index (κ2) is 18.3. The molecule has 0 N–H and O–H groups in total. The van der Waals surface area contributed by atoms with Crippen LogP contribution in [-0.4, -0.2) is 0 Å². The lowest BCUT2D eigenvalue weighted by Gasteiger charge is -2.26. The number of hydrogen-bond donors (Lipinski definition) is 0. The summed E-state index contributed by atoms with van der Waals surface area (Å²) in [5, 5.41) is 5.02. The van der Waals surface area contributed by atoms with Gasteiger partial charge in [0.05, 0.1) is 0 Å². The third-order valence-corrected chi connectivity index (χ3v) is 13.5. The lowest BCUT2D eigenvalue weighted by atomic mass is 9.95. The van der Waals surface area contributed by atoms with Gasteiger partial charge in [0.25, 0.3) is 0 Å². The standard InChI is InChI=1S/C68H47N/c1-2-14-48(15-3-1)54-20-8-24-58(44-54)59-25-9-21-55(45-59)49-32-38-62(39-33-49)69(63-40-34-50(35-41-63)56-22-10-26-60(46-56)67-30-12-18-52-16-4-6-28-65(52)67)64-42-36-51(37-43-64)57-23-11-27-61(47-57)68-31-13-19-53-17-5-7-29-66(53)68/h1-47H. The molecule has 0 fully saturated rings. The van der Waals surface area contributed by atoms with Gasteiger partial charge in [0.15, 0.2) is 0 Å². The predicted molar refractivity (Wildman–Crippen MR) is 294 cm³/mol. The Kier molecular flexibility index (Phi) is 11.0. The van der Waals surface area contributed by atoms with Crippen molar-refractivity contribution in [3.8, 4) is 77.9 Å². The van der Waals surface area contributed by atoms with Crippen LogP contribution < -0.4 is 4.90 Å². The lowest BCUT2D eigenvalue weighted by Crippen LogP contribution is -2.09. The molecule has 0 unspecified atom stereocenters. The summed E-state index contributed by atoms with van der Waals surface area (Å²) in [6, 6.07) is 104. The van der Waals surface area contributed by atoms with Crippen LogP contribution in [0.2, 0.25) is 0 Å². The largest absolute Gasteiger partial charge is 0.311 e. The Morgan fingerprint density at radius 2 is 0.435 bits per heavy atom. The van der Waals surface area contributed by atoms with Crippen LogP contribution >= 0.6 is 0 Å². The second-order valence-corrected chi connectivity index (χ2v) is 17.7. The van der Waals surface area contributed by atoms with E-state index in [4.69, 9.17) is 0 Å². The maximum absolute atomic E-state index is 2.36. The van der Waals surface area contributed by atoms with Gasteiger partial charge in [-0.2, -0.15) is 0 Å². The number of benzene rings is 12. The number of hydrogen-bond acceptors (Lipinski definition) is 1. The molecule has 0 heterocycles. The Balaban J connectivity index is 0.884. The van der Waals surface area contributed by atoms with Gasteiger partial charge in [0, 0.05) is 17.1 Å². The molecular formula is C68H47N. The molecule has 0 saturated heterocycles. The van der Waals surface area contributed by atoms with E-state index in [0.29, 0.717) is 0 Å². The first-order chi connectivity index (χ1) is 34.2. The average Bonchev–Trinajstić information content (AvgIpc) is 3.44. The SMILES string of the molecule is c1ccc(-c2cccc(-c3cccc(-c4ccc(N(c5ccc(-c6cccc(-c7cccc8ccccc78)c6)cc5)c5ccc(-c6cccc(-c7cccc8ccccc78)c6)cc5)cc4)c3)c2)cc1. The first-order valence-electron chi connectivity index (χ1n) is 23.7. The van der Waals surface area contributed by atoms with Crippen LogP contribution in [0.1, 0.15) is 0 Å². The molecule has 69 heavy (non-hydrogen) atoms. The van der Waals surface area contributed by atoms with Crippen LogP contribution in [0.15, 0.2) is 285 Å². The van der Waals surface area contributed by atoms with E-state index in [1.54, 1.807) is 0 Å². The maximum Gasteiger partial charge on any atom is 0.0462 e. The molecule has 0 aliphatic rings. The topological polar surface area (TPSA) is 3.24 Å². The summed E-state index contributed by atoms with van der Waals surface area (Å²) in [5.74, 6) is 0. The van der Waals surface area contributed by atoms with Crippen LogP contribution in [0.25, 0.3) is 99.4 Å². The first-order valence-corrected chi connectivity index (χ1v) is 23.7. The van der Waals surface area contributed by atoms with Crippen LogP contribution in [0, 0.1) is 0 Å². The van der Waals surface area contributed by atoms with Crippen molar-refractivity contribution in [2.24, 2.45) is 0 Å². The van der Waals surface area contributed by atoms with Crippen molar-refractivity contribution in [1.82, 2.24) is 0 Å². The molecule has 1 nitrogen and oxygen atoms in total. The smallest absolute Gasteiger partial charge is 0.0462 e. The van der Waals surface area contributed by atoms with E-state index in [1.807, 2.05) is 0 Å². The van der Waals surface area contributed by atoms with Gasteiger partial charge in [-0.3, -0.25) is 0 Å². The van der Waals surface area contributed by atoms with Gasteiger partial charge in [-0.15, -0.1) is 0 Å². The third-order valence-electron chi connectivity index (χ3n) is 13.5. The zero-order valence-electron chi connectivity index (χ0n) is 38.1. The normalized spacial score (nSPS) is 11.2. The average molecular weight is 878 g/mol. The molecule has 0 radical (unpaired) electrons. The van der Waals surface area contributed by atoms with E-state index in [0.717, 1.165) is 17.1 Å². The van der Waals surface area contributed by atoms with Gasteiger partial charge in [-0.1, -0.05) is 224 Å². The number of nitrogens with zero attached hydrogens (tertiary/aromatic N) is 1. The molecule has 12 aromatic rings. The Morgan fingerprint density at radius 1 is 0.174 bits per heavy atom. The zero-order chi connectivity index (χ0) is 45.9. The predicted octanol–water partition coefficient (Wildman–Crippen LogP) is 19.1. The molecule has 0 amide bonds. The van der Waals surface area contributed by atoms with Gasteiger partial charge >= 0.3 is 0 Å². The molecule has 1 heteroatoms. The minimum atomic E-state index is 1.09. The first kappa shape index (κ1) is 41.4. The van der Waals surface area contributed by atoms with E-state index in [1.165, 1.54) is 99.4 Å². The van der Waals surface area contributed by atoms with Gasteiger partial charge in [-0.05, 0) is 160 Å². The minimum absolute atomic E-state index is 1.09. The molecule has 0 spiro atoms. The number of anilines is 3. The lowest BCUT2D eigenvalue weighted by molar-refractivity contribution is 1.28. The Morgan fingerprint density at radius 3 is 0.826 bits per heavy atom. The summed E-state index contributed by atoms with van der Waals surface area (Å²) < 4.78 is 0. The molecule has 12 aromatic carbocycles. The molecule has 0 atom stereocenters. The summed E-state index contributed by atoms with van der Waals surface area (Å²) >= 11 is 0. The highest BCUT2D eigenvalue weighted by atomic mass is 15.1. The van der Waals surface area contributed by atoms with Gasteiger partial charge in [0.1, 0.15) is 0 Å². The van der Waals surface area contributed by atoms with Crippen molar-refractivity contribution >= 4 is 38.6 Å². The van der Waals surface area contributed by atoms with Crippen LogP contribution in [-0.2, 0) is 0 Å². The van der Waals surface area contributed by atoms with E-state index in [-0.39, 0.29) is 0 Å². The fraction of sp³-hybridized carbons (Fsp3) is 0. The van der Waals surface area contributed by atoms with E-state index < -0.39 is 0 Å². The summed E-state index contributed by atoms with van der Waals surface area (Å²) in [6.07, 6.45) is 0. The van der Waals surface area contributed by atoms with E-state index in [2.05, 4.69) is 290 Å². The highest BCUT2D eigenvalue weighted by Crippen LogP contribution is 2.40. The van der Waals surface area contributed by atoms with Crippen molar-refractivity contribution in [3.05, 3.63) is 285 Å². The second-order valence-electron chi connectivity index (χ2n) is 17.7. The van der Waals surface area contributed by atoms with Crippen molar-refractivity contribution in [1.29, 1.82) is 0 Å². The molecule has 0 aromatic heterocycles. The molecule has 0 aliphatic heterocycles. The Bertz CT molecular complexity index is 3580. The van der Waals surface area contributed by atoms with Gasteiger partial charge in [-0.25, -0.2) is 0 Å². The molecule has 12 rings (SSSR count). The third kappa shape index (κ3) is 8.39. The molecular weight excluding hydrogens is 831 g/mol. The number of rotatable bonds is 10. The summed E-state index contributed by atoms with van der Waals surface area (Å²) in [7, 11) is 0. The monoisotopic (exact) mass is 877 g/mol. The molecule has 0 bridgehead atoms. The minimum Gasteiger partial charge on any atom is -0.311 e. The van der Waals surface area contributed by atoms with E-state index >= 15 is 0 Å². The van der Waals surface area contributed by atoms with Crippen molar-refractivity contribution in [2.45, 2.75) is 0 Å². The maximum atomic E-state index is 2.36. The summed E-state index contributed by atoms with van der Waals surface area (Å²) in [5.41, 5.74) is 20.1. The van der Waals surface area contributed by atoms with Crippen molar-refractivity contribution < 1.29 is 0 Å². The zero-order valence-corrected chi connectivity index (χ0v) is 38.1. The highest BCUT2D eigenvalue weighted by Gasteiger charge is 2.15. The van der Waals surface area contributed by atoms with Gasteiger partial charge in [0.2, 0.25) is 0 Å². The fourth-order valence-electron chi connectivity index (χ4n) is 9.93. The van der Waals surface area contributed by atoms with Gasteiger partial charge < -0.3 is 4.90 Å². The highest BCUT2D eigenvalue weighted by molar-refractivity contribution is 5.98. The Hall–Kier alpha value is -9.04. The summed E-state index contributed by atoms with van der Waals surface area (Å²) in [4.78, 5) is 2.36.